The lowest BCUT2D eigenvalue weighted by molar-refractivity contribution is 0.457. The topological polar surface area (TPSA) is 9.23 Å². The zero-order valence-electron chi connectivity index (χ0n) is 14.1. The van der Waals surface area contributed by atoms with Crippen molar-refractivity contribution in [2.45, 2.75) is 40.5 Å². The zero-order valence-corrected chi connectivity index (χ0v) is 14.1. The molecule has 1 aliphatic carbocycles. The van der Waals surface area contributed by atoms with Crippen molar-refractivity contribution >= 4 is 0 Å². The van der Waals surface area contributed by atoms with Crippen molar-refractivity contribution in [1.29, 1.82) is 0 Å². The summed E-state index contributed by atoms with van der Waals surface area (Å²) >= 11 is 0. The molecule has 1 fully saturated rings. The molecule has 22 heavy (non-hydrogen) atoms. The fourth-order valence-electron chi connectivity index (χ4n) is 3.75. The molecule has 0 aliphatic heterocycles. The Morgan fingerprint density at radius 1 is 0.818 bits per heavy atom. The molecule has 1 aliphatic rings. The minimum atomic E-state index is 0.477. The number of aryl methyl sites for hydroxylation is 1. The van der Waals surface area contributed by atoms with E-state index in [4.69, 9.17) is 4.74 Å². The summed E-state index contributed by atoms with van der Waals surface area (Å²) in [7, 11) is 0. The average Bonchev–Trinajstić information content (AvgIpc) is 2.87. The lowest BCUT2D eigenvalue weighted by Crippen LogP contribution is -1.95. The molecule has 3 rings (SSSR count). The fraction of sp³-hybridized carbons (Fsp3) is 0.429. The van der Waals surface area contributed by atoms with Crippen molar-refractivity contribution in [3.05, 3.63) is 60.2 Å². The summed E-state index contributed by atoms with van der Waals surface area (Å²) in [6.07, 6.45) is 2.39. The van der Waals surface area contributed by atoms with E-state index in [1.54, 1.807) is 0 Å². The minimum Gasteiger partial charge on any atom is -0.457 e. The Morgan fingerprint density at radius 2 is 1.45 bits per heavy atom. The van der Waals surface area contributed by atoms with Crippen LogP contribution in [-0.4, -0.2) is 0 Å². The molecule has 0 saturated heterocycles. The Morgan fingerprint density at radius 3 is 2.09 bits per heavy atom. The van der Waals surface area contributed by atoms with Gasteiger partial charge in [-0.3, -0.25) is 0 Å². The number of rotatable bonds is 5. The van der Waals surface area contributed by atoms with Gasteiger partial charge >= 0.3 is 0 Å². The molecule has 0 atom stereocenters. The van der Waals surface area contributed by atoms with Gasteiger partial charge in [-0.05, 0) is 59.4 Å². The van der Waals surface area contributed by atoms with Crippen LogP contribution in [0.2, 0.25) is 0 Å². The summed E-state index contributed by atoms with van der Waals surface area (Å²) in [6.45, 7) is 9.58. The molecule has 0 unspecified atom stereocenters. The number of hydrogen-bond acceptors (Lipinski definition) is 1. The SMILES string of the molecule is CC1(C)C(CCc2cccc(Oc3ccccc3)c2)C1(C)C. The van der Waals surface area contributed by atoms with E-state index < -0.39 is 0 Å². The normalized spacial score (nSPS) is 18.9. The first-order chi connectivity index (χ1) is 10.4. The quantitative estimate of drug-likeness (QED) is 0.648. The second-order valence-electron chi connectivity index (χ2n) is 7.60. The van der Waals surface area contributed by atoms with Gasteiger partial charge < -0.3 is 4.74 Å². The summed E-state index contributed by atoms with van der Waals surface area (Å²) < 4.78 is 5.92. The van der Waals surface area contributed by atoms with Crippen LogP contribution in [0.5, 0.6) is 11.5 Å². The molecule has 0 amide bonds. The molecular weight excluding hydrogens is 268 g/mol. The van der Waals surface area contributed by atoms with Crippen LogP contribution in [0.15, 0.2) is 54.6 Å². The first kappa shape index (κ1) is 15.1. The second kappa shape index (κ2) is 5.46. The standard InChI is InChI=1S/C21H26O/c1-20(2)19(21(20,3)4)14-13-16-9-8-12-18(15-16)22-17-10-6-5-7-11-17/h5-12,15,19H,13-14H2,1-4H3. The van der Waals surface area contributed by atoms with Gasteiger partial charge in [0.2, 0.25) is 0 Å². The minimum absolute atomic E-state index is 0.477. The Kier molecular flexibility index (Phi) is 3.76. The molecule has 116 valence electrons. The van der Waals surface area contributed by atoms with Gasteiger partial charge in [0.05, 0.1) is 0 Å². The first-order valence-corrected chi connectivity index (χ1v) is 8.23. The van der Waals surface area contributed by atoms with Crippen molar-refractivity contribution in [3.8, 4) is 11.5 Å². The third-order valence-electron chi connectivity index (χ3n) is 5.92. The molecule has 0 bridgehead atoms. The van der Waals surface area contributed by atoms with E-state index in [0.717, 1.165) is 23.8 Å². The van der Waals surface area contributed by atoms with Crippen molar-refractivity contribution in [2.75, 3.05) is 0 Å². The summed E-state index contributed by atoms with van der Waals surface area (Å²) in [5.74, 6) is 2.64. The Labute approximate surface area is 134 Å². The van der Waals surface area contributed by atoms with Crippen LogP contribution >= 0.6 is 0 Å². The largest absolute Gasteiger partial charge is 0.457 e. The number of ether oxygens (including phenoxy) is 1. The van der Waals surface area contributed by atoms with Gasteiger partial charge in [-0.25, -0.2) is 0 Å². The second-order valence-corrected chi connectivity index (χ2v) is 7.60. The molecule has 0 spiro atoms. The van der Waals surface area contributed by atoms with Crippen LogP contribution in [0.4, 0.5) is 0 Å². The van der Waals surface area contributed by atoms with E-state index >= 15 is 0 Å². The summed E-state index contributed by atoms with van der Waals surface area (Å²) in [6, 6.07) is 18.5. The van der Waals surface area contributed by atoms with Gasteiger partial charge in [0.25, 0.3) is 0 Å². The molecule has 2 aromatic rings. The summed E-state index contributed by atoms with van der Waals surface area (Å²) in [4.78, 5) is 0. The van der Waals surface area contributed by atoms with E-state index in [1.165, 1.54) is 12.0 Å². The van der Waals surface area contributed by atoms with Crippen LogP contribution in [0, 0.1) is 16.7 Å². The number of benzene rings is 2. The first-order valence-electron chi connectivity index (χ1n) is 8.23. The Bertz CT molecular complexity index is 626. The predicted molar refractivity (Wildman–Crippen MR) is 92.3 cm³/mol. The van der Waals surface area contributed by atoms with Gasteiger partial charge in [-0.15, -0.1) is 0 Å². The van der Waals surface area contributed by atoms with Crippen molar-refractivity contribution in [2.24, 2.45) is 16.7 Å². The summed E-state index contributed by atoms with van der Waals surface area (Å²) in [5, 5.41) is 0. The maximum Gasteiger partial charge on any atom is 0.127 e. The molecule has 1 saturated carbocycles. The predicted octanol–water partition coefficient (Wildman–Crippen LogP) is 6.09. The third-order valence-corrected chi connectivity index (χ3v) is 5.92. The molecule has 0 N–H and O–H groups in total. The van der Waals surface area contributed by atoms with E-state index in [2.05, 4.69) is 45.9 Å². The van der Waals surface area contributed by atoms with Crippen LogP contribution in [0.25, 0.3) is 0 Å². The molecular formula is C21H26O. The molecule has 0 aromatic heterocycles. The summed E-state index contributed by atoms with van der Waals surface area (Å²) in [5.41, 5.74) is 2.32. The smallest absolute Gasteiger partial charge is 0.127 e. The fourth-order valence-corrected chi connectivity index (χ4v) is 3.75. The monoisotopic (exact) mass is 294 g/mol. The van der Waals surface area contributed by atoms with Crippen molar-refractivity contribution < 1.29 is 4.74 Å². The molecule has 2 aromatic carbocycles. The Balaban J connectivity index is 1.63. The van der Waals surface area contributed by atoms with Gasteiger partial charge in [0.15, 0.2) is 0 Å². The Hall–Kier alpha value is -1.76. The lowest BCUT2D eigenvalue weighted by Gasteiger charge is -2.08. The van der Waals surface area contributed by atoms with E-state index in [-0.39, 0.29) is 0 Å². The third kappa shape index (κ3) is 2.77. The highest BCUT2D eigenvalue weighted by molar-refractivity contribution is 5.34. The van der Waals surface area contributed by atoms with Gasteiger partial charge in [-0.2, -0.15) is 0 Å². The van der Waals surface area contributed by atoms with Gasteiger partial charge in [-0.1, -0.05) is 58.0 Å². The van der Waals surface area contributed by atoms with E-state index in [1.807, 2.05) is 36.4 Å². The highest BCUT2D eigenvalue weighted by Crippen LogP contribution is 2.69. The molecule has 1 nitrogen and oxygen atoms in total. The average molecular weight is 294 g/mol. The van der Waals surface area contributed by atoms with Crippen LogP contribution < -0.4 is 4.74 Å². The van der Waals surface area contributed by atoms with Gasteiger partial charge in [0.1, 0.15) is 11.5 Å². The van der Waals surface area contributed by atoms with Crippen LogP contribution in [-0.2, 0) is 6.42 Å². The maximum absolute atomic E-state index is 5.92. The number of hydrogen-bond donors (Lipinski definition) is 0. The zero-order chi connectivity index (χ0) is 15.8. The molecule has 0 radical (unpaired) electrons. The van der Waals surface area contributed by atoms with Gasteiger partial charge in [0, 0.05) is 0 Å². The van der Waals surface area contributed by atoms with Crippen LogP contribution in [0.3, 0.4) is 0 Å². The van der Waals surface area contributed by atoms with E-state index in [9.17, 15) is 0 Å². The maximum atomic E-state index is 5.92. The van der Waals surface area contributed by atoms with Crippen LogP contribution in [0.1, 0.15) is 39.7 Å². The lowest BCUT2D eigenvalue weighted by atomic mass is 10.0. The molecule has 1 heteroatoms. The van der Waals surface area contributed by atoms with Crippen molar-refractivity contribution in [3.63, 3.8) is 0 Å². The van der Waals surface area contributed by atoms with E-state index in [0.29, 0.717) is 10.8 Å². The highest BCUT2D eigenvalue weighted by atomic mass is 16.5. The number of para-hydroxylation sites is 1. The van der Waals surface area contributed by atoms with Crippen molar-refractivity contribution in [1.82, 2.24) is 0 Å². The molecule has 0 heterocycles. The highest BCUT2D eigenvalue weighted by Gasteiger charge is 2.63.